The standard InChI is InChI=1S/C41H61N5O4/c1-25(2)26(3)38(7)16-17-39(8)28-10-11-31-37(6)20-30(46-34(44-24-45-46)27-13-18-43-19-14-27)33(50-21-36(4,5)42)41(31,23-49-22-37)29(28)12-15-40(39,9)32(38)35(47)48/h12-14,18-19,24-26,28,30-33H,10-11,15-17,20-23,42H2,1-9H3,(H,47,48)/t26-,28+,30-,31-,32-,33+,37-,38-,39-,40+,41+/m1/s1. The van der Waals surface area contributed by atoms with E-state index in [0.717, 1.165) is 49.9 Å². The van der Waals surface area contributed by atoms with Crippen LogP contribution < -0.4 is 5.73 Å². The second kappa shape index (κ2) is 12.0. The highest BCUT2D eigenvalue weighted by Crippen LogP contribution is 2.75. The van der Waals surface area contributed by atoms with Crippen molar-refractivity contribution < 1.29 is 19.4 Å². The number of carboxylic acid groups (broad SMARTS) is 1. The largest absolute Gasteiger partial charge is 0.481 e. The van der Waals surface area contributed by atoms with Gasteiger partial charge in [0.2, 0.25) is 0 Å². The van der Waals surface area contributed by atoms with Crippen LogP contribution in [0.15, 0.2) is 42.5 Å². The molecular formula is C41H61N5O4. The van der Waals surface area contributed by atoms with Gasteiger partial charge in [0, 0.05) is 28.9 Å². The van der Waals surface area contributed by atoms with Crippen molar-refractivity contribution in [1.82, 2.24) is 19.7 Å². The Labute approximate surface area is 299 Å². The minimum Gasteiger partial charge on any atom is -0.481 e. The molecule has 2 bridgehead atoms. The first-order chi connectivity index (χ1) is 23.4. The molecule has 0 spiro atoms. The molecule has 3 N–H and O–H groups in total. The number of rotatable bonds is 8. The average molecular weight is 688 g/mol. The van der Waals surface area contributed by atoms with Gasteiger partial charge < -0.3 is 20.3 Å². The Bertz CT molecular complexity index is 1630. The van der Waals surface area contributed by atoms with Crippen LogP contribution in [-0.2, 0) is 14.3 Å². The van der Waals surface area contributed by atoms with Crippen LogP contribution >= 0.6 is 0 Å². The summed E-state index contributed by atoms with van der Waals surface area (Å²) in [5, 5.41) is 16.1. The Morgan fingerprint density at radius 3 is 2.48 bits per heavy atom. The quantitative estimate of drug-likeness (QED) is 0.272. The molecule has 11 atom stereocenters. The van der Waals surface area contributed by atoms with Crippen LogP contribution in [0.4, 0.5) is 0 Å². The molecule has 3 saturated carbocycles. The molecule has 0 unspecified atom stereocenters. The fourth-order valence-electron chi connectivity index (χ4n) is 12.6. The molecule has 4 aliphatic carbocycles. The molecule has 7 rings (SSSR count). The van der Waals surface area contributed by atoms with Gasteiger partial charge in [0.05, 0.1) is 37.9 Å². The molecule has 50 heavy (non-hydrogen) atoms. The Hall–Kier alpha value is -2.62. The first-order valence-electron chi connectivity index (χ1n) is 19.1. The van der Waals surface area contributed by atoms with E-state index in [9.17, 15) is 9.90 Å². The Kier molecular flexibility index (Phi) is 8.55. The van der Waals surface area contributed by atoms with E-state index in [1.807, 2.05) is 26.0 Å². The number of pyridine rings is 1. The molecule has 4 fully saturated rings. The van der Waals surface area contributed by atoms with Crippen LogP contribution in [0.25, 0.3) is 11.4 Å². The summed E-state index contributed by atoms with van der Waals surface area (Å²) in [6.45, 7) is 22.0. The number of nitrogens with two attached hydrogens (primary N) is 1. The third-order valence-corrected chi connectivity index (χ3v) is 15.5. The van der Waals surface area contributed by atoms with Crippen molar-refractivity contribution in [3.05, 3.63) is 42.5 Å². The summed E-state index contributed by atoms with van der Waals surface area (Å²) >= 11 is 0. The summed E-state index contributed by atoms with van der Waals surface area (Å²) in [5.41, 5.74) is 7.18. The summed E-state index contributed by atoms with van der Waals surface area (Å²) in [6, 6.07) is 3.89. The lowest BCUT2D eigenvalue weighted by Gasteiger charge is -2.71. The lowest BCUT2D eigenvalue weighted by Crippen LogP contribution is -2.70. The number of fused-ring (bicyclic) bond motifs is 3. The number of ether oxygens (including phenoxy) is 2. The normalized spacial score (nSPS) is 41.8. The number of carboxylic acids is 1. The zero-order chi connectivity index (χ0) is 36.1. The van der Waals surface area contributed by atoms with E-state index in [1.165, 1.54) is 5.57 Å². The van der Waals surface area contributed by atoms with Crippen LogP contribution in [-0.4, -0.2) is 62.3 Å². The van der Waals surface area contributed by atoms with Crippen LogP contribution in [0.2, 0.25) is 0 Å². The SMILES string of the molecule is CC(C)[C@@H](C)[C@@]1(C)CC[C@]2(C)[C@H]3CC[C@@H]4[C@@]5(C)COC[C@@]4(C3=CC[C@@]2(C)[C@@H]1C(=O)O)[C@@H](OCC(C)(C)N)[C@H](n1ncnc1-c1ccncc1)C5. The number of carbonyl (C=O) groups is 1. The summed E-state index contributed by atoms with van der Waals surface area (Å²) in [5.74, 6) is 1.04. The maximum Gasteiger partial charge on any atom is 0.307 e. The van der Waals surface area contributed by atoms with Gasteiger partial charge in [-0.3, -0.25) is 9.78 Å². The summed E-state index contributed by atoms with van der Waals surface area (Å²) in [7, 11) is 0. The fourth-order valence-corrected chi connectivity index (χ4v) is 12.6. The Morgan fingerprint density at radius 1 is 1.10 bits per heavy atom. The van der Waals surface area contributed by atoms with Crippen LogP contribution in [0.3, 0.4) is 0 Å². The van der Waals surface area contributed by atoms with Gasteiger partial charge in [-0.05, 0) is 110 Å². The summed E-state index contributed by atoms with van der Waals surface area (Å²) < 4.78 is 16.1. The van der Waals surface area contributed by atoms with Gasteiger partial charge in [0.1, 0.15) is 6.33 Å². The van der Waals surface area contributed by atoms with Crippen molar-refractivity contribution in [2.45, 2.75) is 119 Å². The molecule has 9 nitrogen and oxygen atoms in total. The van der Waals surface area contributed by atoms with Gasteiger partial charge in [0.25, 0.3) is 0 Å². The number of aliphatic carboxylic acids is 1. The predicted molar refractivity (Wildman–Crippen MR) is 194 cm³/mol. The minimum absolute atomic E-state index is 0.0951. The highest BCUT2D eigenvalue weighted by molar-refractivity contribution is 5.73. The van der Waals surface area contributed by atoms with Gasteiger partial charge >= 0.3 is 5.97 Å². The van der Waals surface area contributed by atoms with E-state index in [2.05, 4.69) is 64.2 Å². The van der Waals surface area contributed by atoms with Crippen LogP contribution in [0.1, 0.15) is 107 Å². The zero-order valence-corrected chi connectivity index (χ0v) is 31.9. The van der Waals surface area contributed by atoms with Crippen molar-refractivity contribution in [1.29, 1.82) is 0 Å². The monoisotopic (exact) mass is 687 g/mol. The van der Waals surface area contributed by atoms with Gasteiger partial charge in [0.15, 0.2) is 5.82 Å². The molecule has 0 amide bonds. The number of nitrogens with zero attached hydrogens (tertiary/aromatic N) is 4. The molecule has 1 aliphatic heterocycles. The number of hydrogen-bond acceptors (Lipinski definition) is 7. The summed E-state index contributed by atoms with van der Waals surface area (Å²) in [4.78, 5) is 22.6. The molecule has 5 aliphatic rings. The highest BCUT2D eigenvalue weighted by Gasteiger charge is 2.72. The third-order valence-electron chi connectivity index (χ3n) is 15.5. The zero-order valence-electron chi connectivity index (χ0n) is 31.9. The predicted octanol–water partition coefficient (Wildman–Crippen LogP) is 7.59. The highest BCUT2D eigenvalue weighted by atomic mass is 16.5. The first-order valence-corrected chi connectivity index (χ1v) is 19.1. The van der Waals surface area contributed by atoms with E-state index in [-0.39, 0.29) is 34.3 Å². The lowest BCUT2D eigenvalue weighted by atomic mass is 9.34. The second-order valence-corrected chi connectivity index (χ2v) is 19.1. The van der Waals surface area contributed by atoms with Crippen molar-refractivity contribution in [2.24, 2.45) is 62.4 Å². The van der Waals surface area contributed by atoms with Crippen LogP contribution in [0, 0.1) is 56.7 Å². The number of aromatic nitrogens is 4. The first kappa shape index (κ1) is 35.8. The topological polar surface area (TPSA) is 125 Å². The van der Waals surface area contributed by atoms with Gasteiger partial charge in [-0.15, -0.1) is 0 Å². The average Bonchev–Trinajstić information content (AvgIpc) is 3.54. The van der Waals surface area contributed by atoms with E-state index in [1.54, 1.807) is 18.7 Å². The van der Waals surface area contributed by atoms with E-state index < -0.39 is 28.3 Å². The van der Waals surface area contributed by atoms with Crippen LogP contribution in [0.5, 0.6) is 0 Å². The smallest absolute Gasteiger partial charge is 0.307 e. The minimum atomic E-state index is -0.635. The third kappa shape index (κ3) is 5.02. The molecule has 2 aromatic rings. The molecule has 0 radical (unpaired) electrons. The molecule has 2 aromatic heterocycles. The number of hydrogen-bond donors (Lipinski definition) is 2. The molecule has 274 valence electrons. The summed E-state index contributed by atoms with van der Waals surface area (Å²) in [6.07, 6.45) is 13.2. The molecule has 3 heterocycles. The van der Waals surface area contributed by atoms with Gasteiger partial charge in [-0.2, -0.15) is 5.10 Å². The van der Waals surface area contributed by atoms with E-state index in [4.69, 9.17) is 25.3 Å². The van der Waals surface area contributed by atoms with Crippen molar-refractivity contribution >= 4 is 5.97 Å². The maximum atomic E-state index is 13.6. The molecule has 1 saturated heterocycles. The lowest BCUT2D eigenvalue weighted by molar-refractivity contribution is -0.253. The van der Waals surface area contributed by atoms with E-state index in [0.29, 0.717) is 37.6 Å². The van der Waals surface area contributed by atoms with Crippen molar-refractivity contribution in [3.8, 4) is 11.4 Å². The molecular weight excluding hydrogens is 626 g/mol. The number of allylic oxidation sites excluding steroid dienone is 1. The second-order valence-electron chi connectivity index (χ2n) is 19.1. The van der Waals surface area contributed by atoms with E-state index >= 15 is 0 Å². The van der Waals surface area contributed by atoms with Crippen molar-refractivity contribution in [2.75, 3.05) is 19.8 Å². The van der Waals surface area contributed by atoms with Gasteiger partial charge in [-0.1, -0.05) is 60.1 Å². The van der Waals surface area contributed by atoms with Gasteiger partial charge in [-0.25, -0.2) is 9.67 Å². The molecule has 9 heteroatoms. The van der Waals surface area contributed by atoms with Crippen molar-refractivity contribution in [3.63, 3.8) is 0 Å². The maximum absolute atomic E-state index is 13.6. The fraction of sp³-hybridized carbons (Fsp3) is 0.756. The molecule has 0 aromatic carbocycles. The Morgan fingerprint density at radius 2 is 1.82 bits per heavy atom. The Balaban J connectivity index is 1.40.